The summed E-state index contributed by atoms with van der Waals surface area (Å²) < 4.78 is 5.98. The summed E-state index contributed by atoms with van der Waals surface area (Å²) in [7, 11) is 0. The van der Waals surface area contributed by atoms with E-state index in [1.807, 2.05) is 0 Å². The number of nitrogens with zero attached hydrogens (tertiary/aromatic N) is 1. The third kappa shape index (κ3) is 4.44. The SMILES string of the molecule is CCCOC1CCCN(C2CC(CCC)CCC2N)C1. The number of ether oxygens (including phenoxy) is 1. The van der Waals surface area contributed by atoms with Crippen LogP contribution in [-0.2, 0) is 4.74 Å². The molecule has 2 aliphatic rings. The van der Waals surface area contributed by atoms with Crippen molar-refractivity contribution in [2.45, 2.75) is 83.4 Å². The Morgan fingerprint density at radius 1 is 1.15 bits per heavy atom. The fourth-order valence-corrected chi connectivity index (χ4v) is 4.03. The smallest absolute Gasteiger partial charge is 0.0702 e. The molecule has 4 unspecified atom stereocenters. The Hall–Kier alpha value is -0.120. The molecule has 2 rings (SSSR count). The molecule has 3 nitrogen and oxygen atoms in total. The Labute approximate surface area is 125 Å². The molecule has 20 heavy (non-hydrogen) atoms. The van der Waals surface area contributed by atoms with E-state index in [4.69, 9.17) is 10.5 Å². The molecule has 2 N–H and O–H groups in total. The maximum atomic E-state index is 6.43. The fraction of sp³-hybridized carbons (Fsp3) is 1.00. The lowest BCUT2D eigenvalue weighted by Gasteiger charge is -2.44. The Morgan fingerprint density at radius 3 is 2.75 bits per heavy atom. The topological polar surface area (TPSA) is 38.5 Å². The number of nitrogens with two attached hydrogens (primary N) is 1. The van der Waals surface area contributed by atoms with Gasteiger partial charge in [-0.3, -0.25) is 4.90 Å². The second-order valence-corrected chi connectivity index (χ2v) is 6.83. The van der Waals surface area contributed by atoms with Gasteiger partial charge in [-0.05, 0) is 51.0 Å². The summed E-state index contributed by atoms with van der Waals surface area (Å²) in [5.74, 6) is 0.904. The molecule has 0 amide bonds. The first-order chi connectivity index (χ1) is 9.74. The second-order valence-electron chi connectivity index (χ2n) is 6.83. The van der Waals surface area contributed by atoms with Gasteiger partial charge >= 0.3 is 0 Å². The molecule has 1 aliphatic carbocycles. The number of rotatable bonds is 6. The van der Waals surface area contributed by atoms with E-state index in [-0.39, 0.29) is 0 Å². The molecule has 0 bridgehead atoms. The lowest BCUT2D eigenvalue weighted by Crippen LogP contribution is -2.55. The molecule has 0 aromatic heterocycles. The first-order valence-electron chi connectivity index (χ1n) is 8.85. The number of likely N-dealkylation sites (tertiary alicyclic amines) is 1. The molecule has 1 saturated carbocycles. The van der Waals surface area contributed by atoms with Crippen molar-refractivity contribution in [2.24, 2.45) is 11.7 Å². The zero-order valence-electron chi connectivity index (χ0n) is 13.5. The van der Waals surface area contributed by atoms with E-state index in [9.17, 15) is 0 Å². The van der Waals surface area contributed by atoms with Gasteiger partial charge in [-0.25, -0.2) is 0 Å². The van der Waals surface area contributed by atoms with Crippen LogP contribution in [0.1, 0.15) is 65.2 Å². The zero-order chi connectivity index (χ0) is 14.4. The van der Waals surface area contributed by atoms with Crippen LogP contribution in [0.2, 0.25) is 0 Å². The third-order valence-electron chi connectivity index (χ3n) is 5.11. The summed E-state index contributed by atoms with van der Waals surface area (Å²) in [4.78, 5) is 2.65. The van der Waals surface area contributed by atoms with E-state index in [0.29, 0.717) is 18.2 Å². The van der Waals surface area contributed by atoms with Crippen molar-refractivity contribution in [3.63, 3.8) is 0 Å². The molecule has 2 fully saturated rings. The van der Waals surface area contributed by atoms with Crippen LogP contribution in [0.4, 0.5) is 0 Å². The van der Waals surface area contributed by atoms with Crippen molar-refractivity contribution in [3.8, 4) is 0 Å². The van der Waals surface area contributed by atoms with Crippen molar-refractivity contribution in [1.82, 2.24) is 4.90 Å². The second kappa shape index (κ2) is 8.35. The molecule has 4 atom stereocenters. The number of piperidine rings is 1. The molecular formula is C17H34N2O. The average molecular weight is 282 g/mol. The van der Waals surface area contributed by atoms with Crippen molar-refractivity contribution in [3.05, 3.63) is 0 Å². The third-order valence-corrected chi connectivity index (χ3v) is 5.11. The maximum Gasteiger partial charge on any atom is 0.0702 e. The van der Waals surface area contributed by atoms with Crippen molar-refractivity contribution >= 4 is 0 Å². The van der Waals surface area contributed by atoms with E-state index in [1.165, 1.54) is 51.5 Å². The highest BCUT2D eigenvalue weighted by molar-refractivity contribution is 4.91. The normalized spacial score (nSPS) is 36.1. The van der Waals surface area contributed by atoms with E-state index in [1.54, 1.807) is 0 Å². The first-order valence-corrected chi connectivity index (χ1v) is 8.85. The predicted molar refractivity (Wildman–Crippen MR) is 84.9 cm³/mol. The molecule has 0 spiro atoms. The van der Waals surface area contributed by atoms with E-state index in [2.05, 4.69) is 18.7 Å². The number of hydrogen-bond acceptors (Lipinski definition) is 3. The van der Waals surface area contributed by atoms with Crippen LogP contribution in [0.5, 0.6) is 0 Å². The quantitative estimate of drug-likeness (QED) is 0.813. The molecule has 1 heterocycles. The predicted octanol–water partition coefficient (Wildman–Crippen LogP) is 3.17. The van der Waals surface area contributed by atoms with Crippen LogP contribution in [-0.4, -0.2) is 42.8 Å². The summed E-state index contributed by atoms with van der Waals surface area (Å²) >= 11 is 0. The van der Waals surface area contributed by atoms with Crippen LogP contribution < -0.4 is 5.73 Å². The molecular weight excluding hydrogens is 248 g/mol. The van der Waals surface area contributed by atoms with Crippen molar-refractivity contribution in [2.75, 3.05) is 19.7 Å². The van der Waals surface area contributed by atoms with Gasteiger partial charge in [0.1, 0.15) is 0 Å². The summed E-state index contributed by atoms with van der Waals surface area (Å²) in [5.41, 5.74) is 6.43. The van der Waals surface area contributed by atoms with E-state index < -0.39 is 0 Å². The molecule has 3 heteroatoms. The summed E-state index contributed by atoms with van der Waals surface area (Å²) in [5, 5.41) is 0. The Kier molecular flexibility index (Phi) is 6.79. The minimum absolute atomic E-state index is 0.382. The van der Waals surface area contributed by atoms with Gasteiger partial charge < -0.3 is 10.5 Å². The van der Waals surface area contributed by atoms with Gasteiger partial charge in [0.15, 0.2) is 0 Å². The molecule has 0 aromatic carbocycles. The minimum Gasteiger partial charge on any atom is -0.377 e. The largest absolute Gasteiger partial charge is 0.377 e. The molecule has 1 aliphatic heterocycles. The van der Waals surface area contributed by atoms with Crippen molar-refractivity contribution < 1.29 is 4.74 Å². The van der Waals surface area contributed by atoms with Gasteiger partial charge in [0, 0.05) is 25.2 Å². The van der Waals surface area contributed by atoms with Gasteiger partial charge in [0.2, 0.25) is 0 Å². The Balaban J connectivity index is 1.87. The van der Waals surface area contributed by atoms with Crippen LogP contribution in [0.3, 0.4) is 0 Å². The van der Waals surface area contributed by atoms with Crippen LogP contribution in [0, 0.1) is 5.92 Å². The highest BCUT2D eigenvalue weighted by Crippen LogP contribution is 2.31. The van der Waals surface area contributed by atoms with Crippen LogP contribution in [0.25, 0.3) is 0 Å². The molecule has 118 valence electrons. The van der Waals surface area contributed by atoms with Gasteiger partial charge in [-0.2, -0.15) is 0 Å². The van der Waals surface area contributed by atoms with Gasteiger partial charge in [0.25, 0.3) is 0 Å². The lowest BCUT2D eigenvalue weighted by atomic mass is 9.79. The summed E-state index contributed by atoms with van der Waals surface area (Å²) in [6.07, 6.45) is 10.6. The Morgan fingerprint density at radius 2 is 2.00 bits per heavy atom. The van der Waals surface area contributed by atoms with Crippen LogP contribution in [0.15, 0.2) is 0 Å². The standard InChI is InChI=1S/C17H34N2O/c1-3-6-14-8-9-16(18)17(12-14)19-10-5-7-15(13-19)20-11-4-2/h14-17H,3-13,18H2,1-2H3. The zero-order valence-corrected chi connectivity index (χ0v) is 13.5. The first kappa shape index (κ1) is 16.3. The van der Waals surface area contributed by atoms with E-state index in [0.717, 1.165) is 25.5 Å². The highest BCUT2D eigenvalue weighted by Gasteiger charge is 2.34. The summed E-state index contributed by atoms with van der Waals surface area (Å²) in [6.45, 7) is 7.74. The molecule has 0 radical (unpaired) electrons. The van der Waals surface area contributed by atoms with Gasteiger partial charge in [0.05, 0.1) is 6.10 Å². The monoisotopic (exact) mass is 282 g/mol. The lowest BCUT2D eigenvalue weighted by molar-refractivity contribution is -0.0242. The minimum atomic E-state index is 0.382. The molecule has 0 aromatic rings. The fourth-order valence-electron chi connectivity index (χ4n) is 4.03. The number of hydrogen-bond donors (Lipinski definition) is 1. The average Bonchev–Trinajstić information content (AvgIpc) is 2.47. The maximum absolute atomic E-state index is 6.43. The summed E-state index contributed by atoms with van der Waals surface area (Å²) in [6, 6.07) is 0.987. The molecule has 1 saturated heterocycles. The van der Waals surface area contributed by atoms with Gasteiger partial charge in [-0.1, -0.05) is 26.7 Å². The van der Waals surface area contributed by atoms with Crippen LogP contribution >= 0.6 is 0 Å². The van der Waals surface area contributed by atoms with Gasteiger partial charge in [-0.15, -0.1) is 0 Å². The Bertz CT molecular complexity index is 272. The van der Waals surface area contributed by atoms with Crippen molar-refractivity contribution in [1.29, 1.82) is 0 Å². The highest BCUT2D eigenvalue weighted by atomic mass is 16.5. The van der Waals surface area contributed by atoms with E-state index >= 15 is 0 Å².